The van der Waals surface area contributed by atoms with Crippen molar-refractivity contribution in [1.82, 2.24) is 4.90 Å². The SMILES string of the molecule is CO.C[C@@H](CN(CCCOc1cccc(CC=O)c1)Cc1cc(F)c(F)cc1F)C1=CCC=CC=C1. The summed E-state index contributed by atoms with van der Waals surface area (Å²) in [5.74, 6) is -2.13. The van der Waals surface area contributed by atoms with Crippen molar-refractivity contribution in [2.24, 2.45) is 5.92 Å². The Balaban J connectivity index is 0.00000222. The Morgan fingerprint density at radius 3 is 2.64 bits per heavy atom. The number of ether oxygens (including phenoxy) is 1. The van der Waals surface area contributed by atoms with Crippen molar-refractivity contribution in [3.63, 3.8) is 0 Å². The Bertz CT molecular complexity index is 1070. The number of allylic oxidation sites excluding steroid dienone is 5. The summed E-state index contributed by atoms with van der Waals surface area (Å²) in [6.45, 7) is 3.92. The smallest absolute Gasteiger partial charge is 0.161 e. The summed E-state index contributed by atoms with van der Waals surface area (Å²) < 4.78 is 47.3. The molecule has 0 amide bonds. The largest absolute Gasteiger partial charge is 0.494 e. The molecular formula is C29H34F3NO3. The second-order valence-electron chi connectivity index (χ2n) is 8.44. The van der Waals surface area contributed by atoms with Crippen LogP contribution in [0.3, 0.4) is 0 Å². The van der Waals surface area contributed by atoms with Crippen molar-refractivity contribution in [2.45, 2.75) is 32.7 Å². The summed E-state index contributed by atoms with van der Waals surface area (Å²) >= 11 is 0. The van der Waals surface area contributed by atoms with Crippen LogP contribution in [0, 0.1) is 23.4 Å². The van der Waals surface area contributed by atoms with Crippen LogP contribution >= 0.6 is 0 Å². The van der Waals surface area contributed by atoms with Crippen molar-refractivity contribution in [2.75, 3.05) is 26.8 Å². The fourth-order valence-corrected chi connectivity index (χ4v) is 3.95. The fourth-order valence-electron chi connectivity index (χ4n) is 3.95. The number of halogens is 3. The lowest BCUT2D eigenvalue weighted by atomic mass is 9.99. The predicted octanol–water partition coefficient (Wildman–Crippen LogP) is 5.80. The standard InChI is InChI=1S/C28H30F3NO2.CH4O/c1-21(23-9-4-2-3-5-10-23)19-32(20-24-17-27(30)28(31)18-26(24)29)13-7-15-34-25-11-6-8-22(16-25)12-14-33;1-2/h2-4,6,8-11,14,16-18,21H,5,7,12-13,15,19-20H2,1H3;2H,1H3/t21-;/m0./s1. The van der Waals surface area contributed by atoms with Gasteiger partial charge in [0.25, 0.3) is 0 Å². The lowest BCUT2D eigenvalue weighted by Crippen LogP contribution is -2.31. The molecule has 0 heterocycles. The molecule has 1 atom stereocenters. The molecule has 1 aliphatic rings. The van der Waals surface area contributed by atoms with Crippen molar-refractivity contribution >= 4 is 6.29 Å². The van der Waals surface area contributed by atoms with Gasteiger partial charge in [0.2, 0.25) is 0 Å². The van der Waals surface area contributed by atoms with Crippen molar-refractivity contribution in [3.05, 3.63) is 101 Å². The van der Waals surface area contributed by atoms with Crippen LogP contribution in [-0.2, 0) is 17.8 Å². The fraction of sp³-hybridized carbons (Fsp3) is 0.345. The predicted molar refractivity (Wildman–Crippen MR) is 136 cm³/mol. The van der Waals surface area contributed by atoms with Gasteiger partial charge in [-0.05, 0) is 48.1 Å². The first-order chi connectivity index (χ1) is 17.5. The third-order valence-electron chi connectivity index (χ3n) is 5.71. The number of benzene rings is 2. The van der Waals surface area contributed by atoms with Crippen LogP contribution in [-0.4, -0.2) is 43.1 Å². The molecule has 3 rings (SSSR count). The Morgan fingerprint density at radius 2 is 1.86 bits per heavy atom. The van der Waals surface area contributed by atoms with Crippen LogP contribution in [0.1, 0.15) is 30.9 Å². The van der Waals surface area contributed by atoms with Crippen molar-refractivity contribution in [1.29, 1.82) is 0 Å². The average Bonchev–Trinajstić information content (AvgIpc) is 3.16. The highest BCUT2D eigenvalue weighted by Gasteiger charge is 2.17. The van der Waals surface area contributed by atoms with E-state index in [1.165, 1.54) is 5.57 Å². The Hall–Kier alpha value is -3.16. The van der Waals surface area contributed by atoms with Gasteiger partial charge < -0.3 is 14.6 Å². The monoisotopic (exact) mass is 501 g/mol. The molecular weight excluding hydrogens is 467 g/mol. The molecule has 0 aromatic heterocycles. The molecule has 0 aliphatic heterocycles. The summed E-state index contributed by atoms with van der Waals surface area (Å²) in [5, 5.41) is 7.00. The maximum Gasteiger partial charge on any atom is 0.161 e. The van der Waals surface area contributed by atoms with Gasteiger partial charge in [-0.2, -0.15) is 0 Å². The molecule has 4 nitrogen and oxygen atoms in total. The average molecular weight is 502 g/mol. The topological polar surface area (TPSA) is 49.8 Å². The Labute approximate surface area is 211 Å². The van der Waals surface area contributed by atoms with Gasteiger partial charge in [-0.25, -0.2) is 13.2 Å². The molecule has 2 aromatic carbocycles. The van der Waals surface area contributed by atoms with E-state index in [4.69, 9.17) is 9.84 Å². The highest BCUT2D eigenvalue weighted by Crippen LogP contribution is 2.21. The number of nitrogens with zero attached hydrogens (tertiary/aromatic N) is 1. The lowest BCUT2D eigenvalue weighted by molar-refractivity contribution is -0.107. The number of hydrogen-bond donors (Lipinski definition) is 1. The third-order valence-corrected chi connectivity index (χ3v) is 5.71. The van der Waals surface area contributed by atoms with Crippen molar-refractivity contribution in [3.8, 4) is 5.75 Å². The minimum atomic E-state index is -1.19. The van der Waals surface area contributed by atoms with Crippen LogP contribution in [0.15, 0.2) is 72.4 Å². The quantitative estimate of drug-likeness (QED) is 0.227. The maximum atomic E-state index is 14.3. The summed E-state index contributed by atoms with van der Waals surface area (Å²) in [5.41, 5.74) is 2.20. The van der Waals surface area contributed by atoms with E-state index in [9.17, 15) is 18.0 Å². The molecule has 1 aliphatic carbocycles. The van der Waals surface area contributed by atoms with E-state index < -0.39 is 17.5 Å². The third kappa shape index (κ3) is 9.47. The molecule has 194 valence electrons. The number of carbonyl (C=O) groups is 1. The number of hydrogen-bond acceptors (Lipinski definition) is 4. The number of aliphatic hydroxyl groups excluding tert-OH is 1. The Morgan fingerprint density at radius 1 is 1.08 bits per heavy atom. The maximum absolute atomic E-state index is 14.3. The number of aliphatic hydroxyl groups is 1. The normalized spacial score (nSPS) is 13.5. The number of aldehydes is 1. The van der Waals surface area contributed by atoms with Gasteiger partial charge in [0.15, 0.2) is 11.6 Å². The second kappa shape index (κ2) is 15.8. The van der Waals surface area contributed by atoms with Gasteiger partial charge in [-0.15, -0.1) is 0 Å². The van der Waals surface area contributed by atoms with Crippen LogP contribution in [0.25, 0.3) is 0 Å². The highest BCUT2D eigenvalue weighted by atomic mass is 19.2. The molecule has 0 spiro atoms. The van der Waals surface area contributed by atoms with Gasteiger partial charge in [-0.3, -0.25) is 4.90 Å². The van der Waals surface area contributed by atoms with E-state index in [1.54, 1.807) is 0 Å². The van der Waals surface area contributed by atoms with Gasteiger partial charge in [0.1, 0.15) is 17.9 Å². The van der Waals surface area contributed by atoms with E-state index in [1.807, 2.05) is 41.3 Å². The summed E-state index contributed by atoms with van der Waals surface area (Å²) in [7, 11) is 1.00. The van der Waals surface area contributed by atoms with Crippen LogP contribution in [0.4, 0.5) is 13.2 Å². The molecule has 0 saturated carbocycles. The highest BCUT2D eigenvalue weighted by molar-refractivity contribution is 5.55. The van der Waals surface area contributed by atoms with Crippen LogP contribution < -0.4 is 4.74 Å². The number of carbonyl (C=O) groups excluding carboxylic acids is 1. The second-order valence-corrected chi connectivity index (χ2v) is 8.44. The van der Waals surface area contributed by atoms with Gasteiger partial charge in [0.05, 0.1) is 6.61 Å². The molecule has 0 radical (unpaired) electrons. The summed E-state index contributed by atoms with van der Waals surface area (Å²) in [4.78, 5) is 12.8. The van der Waals surface area contributed by atoms with Gasteiger partial charge >= 0.3 is 0 Å². The Kier molecular flexibility index (Phi) is 12.7. The first-order valence-electron chi connectivity index (χ1n) is 12.0. The zero-order valence-electron chi connectivity index (χ0n) is 20.8. The molecule has 0 fully saturated rings. The van der Waals surface area contributed by atoms with Crippen molar-refractivity contribution < 1.29 is 27.8 Å². The van der Waals surface area contributed by atoms with Gasteiger partial charge in [-0.1, -0.05) is 49.4 Å². The van der Waals surface area contributed by atoms with Gasteiger partial charge in [0, 0.05) is 44.8 Å². The number of rotatable bonds is 12. The summed E-state index contributed by atoms with van der Waals surface area (Å²) in [6, 6.07) is 8.92. The van der Waals surface area contributed by atoms with E-state index in [-0.39, 0.29) is 18.0 Å². The molecule has 0 saturated heterocycles. The summed E-state index contributed by atoms with van der Waals surface area (Å²) in [6.07, 6.45) is 13.0. The molecule has 0 unspecified atom stereocenters. The lowest BCUT2D eigenvalue weighted by Gasteiger charge is -2.27. The van der Waals surface area contributed by atoms with Crippen LogP contribution in [0.5, 0.6) is 5.75 Å². The molecule has 36 heavy (non-hydrogen) atoms. The van der Waals surface area contributed by atoms with E-state index in [0.29, 0.717) is 44.4 Å². The minimum absolute atomic E-state index is 0.126. The van der Waals surface area contributed by atoms with E-state index in [2.05, 4.69) is 25.2 Å². The van der Waals surface area contributed by atoms with E-state index >= 15 is 0 Å². The van der Waals surface area contributed by atoms with E-state index in [0.717, 1.165) is 31.4 Å². The molecule has 2 aromatic rings. The first-order valence-corrected chi connectivity index (χ1v) is 12.0. The zero-order chi connectivity index (χ0) is 26.3. The zero-order valence-corrected chi connectivity index (χ0v) is 20.8. The first kappa shape index (κ1) is 29.1. The minimum Gasteiger partial charge on any atom is -0.494 e. The molecule has 1 N–H and O–H groups in total. The molecule has 0 bridgehead atoms. The van der Waals surface area contributed by atoms with Crippen LogP contribution in [0.2, 0.25) is 0 Å². The molecule has 7 heteroatoms.